The quantitative estimate of drug-likeness (QED) is 0.795. The molecule has 21 heavy (non-hydrogen) atoms. The number of carbonyl (C=O) groups excluding carboxylic acids is 1. The van der Waals surface area contributed by atoms with Gasteiger partial charge in [-0.2, -0.15) is 5.10 Å². The van der Waals surface area contributed by atoms with E-state index in [0.717, 1.165) is 6.54 Å². The maximum atomic E-state index is 11.5. The molecule has 0 bridgehead atoms. The molecule has 0 unspecified atom stereocenters. The summed E-state index contributed by atoms with van der Waals surface area (Å²) in [6, 6.07) is 1.88. The minimum atomic E-state index is -0.560. The highest BCUT2D eigenvalue weighted by Crippen LogP contribution is 2.14. The fourth-order valence-corrected chi connectivity index (χ4v) is 2.08. The van der Waals surface area contributed by atoms with Gasteiger partial charge in [-0.05, 0) is 12.0 Å². The van der Waals surface area contributed by atoms with Gasteiger partial charge >= 0.3 is 0 Å². The van der Waals surface area contributed by atoms with Crippen molar-refractivity contribution in [3.05, 3.63) is 24.3 Å². The lowest BCUT2D eigenvalue weighted by Crippen LogP contribution is -2.28. The van der Waals surface area contributed by atoms with Crippen LogP contribution in [0.3, 0.4) is 0 Å². The Morgan fingerprint density at radius 1 is 1.43 bits per heavy atom. The smallest absolute Gasteiger partial charge is 0.286 e. The van der Waals surface area contributed by atoms with Crippen LogP contribution < -0.4 is 10.6 Å². The zero-order chi connectivity index (χ0) is 15.4. The van der Waals surface area contributed by atoms with E-state index < -0.39 is 5.91 Å². The van der Waals surface area contributed by atoms with Crippen LogP contribution in [0.4, 0.5) is 5.95 Å². The Labute approximate surface area is 123 Å². The molecule has 8 heteroatoms. The largest absolute Gasteiger partial charge is 0.363 e. The summed E-state index contributed by atoms with van der Waals surface area (Å²) in [7, 11) is 1.91. The topological polar surface area (TPSA) is 94.9 Å². The van der Waals surface area contributed by atoms with Crippen LogP contribution in [0.15, 0.2) is 18.5 Å². The van der Waals surface area contributed by atoms with Gasteiger partial charge < -0.3 is 10.6 Å². The standard InChI is InChI=1S/C13H21N7O/c1-10(2)9-20-12(11(14)21)16-17-13(20)18(3)7-8-19-6-4-5-15-19/h4-6,10H,7-9H2,1-3H3,(H2,14,21). The molecule has 114 valence electrons. The molecule has 8 nitrogen and oxygen atoms in total. The average molecular weight is 291 g/mol. The van der Waals surface area contributed by atoms with Crippen LogP contribution in [-0.2, 0) is 13.1 Å². The number of hydrogen-bond donors (Lipinski definition) is 1. The van der Waals surface area contributed by atoms with E-state index in [-0.39, 0.29) is 5.82 Å². The second-order valence-corrected chi connectivity index (χ2v) is 5.38. The van der Waals surface area contributed by atoms with Crippen molar-refractivity contribution in [2.45, 2.75) is 26.9 Å². The first-order valence-corrected chi connectivity index (χ1v) is 6.90. The van der Waals surface area contributed by atoms with Gasteiger partial charge in [-0.3, -0.25) is 14.0 Å². The van der Waals surface area contributed by atoms with Gasteiger partial charge in [0.2, 0.25) is 11.8 Å². The van der Waals surface area contributed by atoms with E-state index in [9.17, 15) is 4.79 Å². The van der Waals surface area contributed by atoms with Crippen LogP contribution in [0.25, 0.3) is 0 Å². The molecule has 2 rings (SSSR count). The molecule has 0 fully saturated rings. The first-order chi connectivity index (χ1) is 9.99. The molecule has 0 aliphatic heterocycles. The number of nitrogens with zero attached hydrogens (tertiary/aromatic N) is 6. The number of carbonyl (C=O) groups is 1. The van der Waals surface area contributed by atoms with E-state index in [1.54, 1.807) is 10.8 Å². The molecule has 0 aliphatic carbocycles. The highest BCUT2D eigenvalue weighted by atomic mass is 16.1. The predicted molar refractivity (Wildman–Crippen MR) is 78.9 cm³/mol. The van der Waals surface area contributed by atoms with Gasteiger partial charge in [-0.25, -0.2) is 0 Å². The molecule has 0 saturated carbocycles. The summed E-state index contributed by atoms with van der Waals surface area (Å²) in [6.45, 7) is 6.21. The lowest BCUT2D eigenvalue weighted by atomic mass is 10.2. The molecule has 0 saturated heterocycles. The van der Waals surface area contributed by atoms with Crippen molar-refractivity contribution in [1.82, 2.24) is 24.5 Å². The number of nitrogens with two attached hydrogens (primary N) is 1. The summed E-state index contributed by atoms with van der Waals surface area (Å²) in [4.78, 5) is 13.4. The number of likely N-dealkylation sites (N-methyl/N-ethyl adjacent to an activating group) is 1. The second kappa shape index (κ2) is 6.38. The van der Waals surface area contributed by atoms with Crippen molar-refractivity contribution in [3.63, 3.8) is 0 Å². The highest BCUT2D eigenvalue weighted by molar-refractivity contribution is 5.89. The normalized spacial score (nSPS) is 11.0. The fraction of sp³-hybridized carbons (Fsp3) is 0.538. The van der Waals surface area contributed by atoms with E-state index in [0.29, 0.717) is 25.0 Å². The summed E-state index contributed by atoms with van der Waals surface area (Å²) in [5, 5.41) is 12.2. The van der Waals surface area contributed by atoms with Gasteiger partial charge in [0.25, 0.3) is 5.91 Å². The van der Waals surface area contributed by atoms with E-state index in [1.165, 1.54) is 0 Å². The van der Waals surface area contributed by atoms with Crippen LogP contribution in [0.5, 0.6) is 0 Å². The van der Waals surface area contributed by atoms with Gasteiger partial charge in [0.05, 0.1) is 6.54 Å². The summed E-state index contributed by atoms with van der Waals surface area (Å²) in [5.41, 5.74) is 5.36. The average Bonchev–Trinajstić information content (AvgIpc) is 3.04. The molecule has 0 spiro atoms. The van der Waals surface area contributed by atoms with Crippen molar-refractivity contribution < 1.29 is 4.79 Å². The van der Waals surface area contributed by atoms with Crippen molar-refractivity contribution in [2.75, 3.05) is 18.5 Å². The molecule has 0 radical (unpaired) electrons. The van der Waals surface area contributed by atoms with Crippen LogP contribution in [0.2, 0.25) is 0 Å². The SMILES string of the molecule is CC(C)Cn1c(C(N)=O)nnc1N(C)CCn1cccn1. The number of hydrogen-bond acceptors (Lipinski definition) is 5. The fourth-order valence-electron chi connectivity index (χ4n) is 2.08. The molecule has 2 heterocycles. The number of amides is 1. The van der Waals surface area contributed by atoms with Gasteiger partial charge in [0.15, 0.2) is 0 Å². The summed E-state index contributed by atoms with van der Waals surface area (Å²) >= 11 is 0. The molecule has 1 amide bonds. The first kappa shape index (κ1) is 15.0. The number of anilines is 1. The van der Waals surface area contributed by atoms with Crippen LogP contribution in [0.1, 0.15) is 24.5 Å². The molecule has 2 aromatic heterocycles. The van der Waals surface area contributed by atoms with Crippen molar-refractivity contribution in [2.24, 2.45) is 11.7 Å². The molecule has 2 aromatic rings. The zero-order valence-electron chi connectivity index (χ0n) is 12.6. The Bertz CT molecular complexity index is 588. The molecule has 0 aliphatic rings. The number of rotatable bonds is 7. The van der Waals surface area contributed by atoms with Crippen molar-refractivity contribution in [3.8, 4) is 0 Å². The monoisotopic (exact) mass is 291 g/mol. The molecular formula is C13H21N7O. The maximum absolute atomic E-state index is 11.5. The third kappa shape index (κ3) is 3.59. The maximum Gasteiger partial charge on any atom is 0.286 e. The lowest BCUT2D eigenvalue weighted by Gasteiger charge is -2.20. The minimum Gasteiger partial charge on any atom is -0.363 e. The number of primary amides is 1. The van der Waals surface area contributed by atoms with E-state index >= 15 is 0 Å². The van der Waals surface area contributed by atoms with E-state index in [2.05, 4.69) is 29.1 Å². The minimum absolute atomic E-state index is 0.199. The predicted octanol–water partition coefficient (Wildman–Crippen LogP) is 0.366. The molecule has 2 N–H and O–H groups in total. The van der Waals surface area contributed by atoms with Crippen LogP contribution in [0, 0.1) is 5.92 Å². The molecule has 0 aromatic carbocycles. The van der Waals surface area contributed by atoms with Crippen molar-refractivity contribution in [1.29, 1.82) is 0 Å². The summed E-state index contributed by atoms with van der Waals surface area (Å²) in [6.07, 6.45) is 3.65. The third-order valence-corrected chi connectivity index (χ3v) is 3.06. The van der Waals surface area contributed by atoms with Gasteiger partial charge in [0.1, 0.15) is 0 Å². The Hall–Kier alpha value is -2.38. The molecular weight excluding hydrogens is 270 g/mol. The lowest BCUT2D eigenvalue weighted by molar-refractivity contribution is 0.0985. The number of aromatic nitrogens is 5. The van der Waals surface area contributed by atoms with Crippen molar-refractivity contribution >= 4 is 11.9 Å². The first-order valence-electron chi connectivity index (χ1n) is 6.90. The molecule has 0 atom stereocenters. The Morgan fingerprint density at radius 2 is 2.19 bits per heavy atom. The Balaban J connectivity index is 2.15. The zero-order valence-corrected chi connectivity index (χ0v) is 12.6. The van der Waals surface area contributed by atoms with E-state index in [1.807, 2.05) is 28.9 Å². The third-order valence-electron chi connectivity index (χ3n) is 3.06. The Morgan fingerprint density at radius 3 is 2.76 bits per heavy atom. The van der Waals surface area contributed by atoms with Gasteiger partial charge in [-0.15, -0.1) is 10.2 Å². The van der Waals surface area contributed by atoms with Gasteiger partial charge in [-0.1, -0.05) is 13.8 Å². The summed E-state index contributed by atoms with van der Waals surface area (Å²) in [5.74, 6) is 0.640. The van der Waals surface area contributed by atoms with Gasteiger partial charge in [0, 0.05) is 32.5 Å². The summed E-state index contributed by atoms with van der Waals surface area (Å²) < 4.78 is 3.62. The van der Waals surface area contributed by atoms with Crippen LogP contribution in [-0.4, -0.2) is 44.0 Å². The van der Waals surface area contributed by atoms with E-state index in [4.69, 9.17) is 5.73 Å². The Kier molecular flexibility index (Phi) is 4.56. The highest BCUT2D eigenvalue weighted by Gasteiger charge is 2.19. The van der Waals surface area contributed by atoms with Crippen LogP contribution >= 0.6 is 0 Å². The second-order valence-electron chi connectivity index (χ2n) is 5.38.